The third kappa shape index (κ3) is 2.35. The molecule has 1 aliphatic rings. The van der Waals surface area contributed by atoms with E-state index >= 15 is 0 Å². The van der Waals surface area contributed by atoms with Gasteiger partial charge in [-0.2, -0.15) is 0 Å². The highest BCUT2D eigenvalue weighted by molar-refractivity contribution is 9.10. The van der Waals surface area contributed by atoms with Crippen LogP contribution in [0.3, 0.4) is 0 Å². The molecule has 0 aromatic heterocycles. The van der Waals surface area contributed by atoms with Gasteiger partial charge in [-0.1, -0.05) is 28.1 Å². The van der Waals surface area contributed by atoms with Crippen LogP contribution in [0.5, 0.6) is 0 Å². The lowest BCUT2D eigenvalue weighted by molar-refractivity contribution is 0.338. The molecule has 0 radical (unpaired) electrons. The van der Waals surface area contributed by atoms with Crippen molar-refractivity contribution in [1.82, 2.24) is 10.6 Å². The second kappa shape index (κ2) is 4.43. The van der Waals surface area contributed by atoms with E-state index in [2.05, 4.69) is 57.8 Å². The lowest BCUT2D eigenvalue weighted by Gasteiger charge is -2.31. The number of rotatable bonds is 3. The Balaban J connectivity index is 1.95. The van der Waals surface area contributed by atoms with Crippen LogP contribution in [0.4, 0.5) is 0 Å². The van der Waals surface area contributed by atoms with Crippen LogP contribution < -0.4 is 10.6 Å². The molecule has 2 rings (SSSR count). The summed E-state index contributed by atoms with van der Waals surface area (Å²) >= 11 is 3.44. The van der Waals surface area contributed by atoms with Crippen molar-refractivity contribution in [2.24, 2.45) is 0 Å². The summed E-state index contributed by atoms with van der Waals surface area (Å²) < 4.78 is 1.14. The molecule has 0 spiro atoms. The van der Waals surface area contributed by atoms with Crippen molar-refractivity contribution in [3.63, 3.8) is 0 Å². The van der Waals surface area contributed by atoms with E-state index in [4.69, 9.17) is 0 Å². The molecule has 1 fully saturated rings. The van der Waals surface area contributed by atoms with Gasteiger partial charge in [0.15, 0.2) is 0 Å². The van der Waals surface area contributed by atoms with E-state index in [0.717, 1.165) is 17.6 Å². The lowest BCUT2D eigenvalue weighted by Crippen LogP contribution is -2.55. The summed E-state index contributed by atoms with van der Waals surface area (Å²) in [4.78, 5) is 0. The minimum Gasteiger partial charge on any atom is -0.314 e. The number of hydrogen-bond acceptors (Lipinski definition) is 2. The third-order valence-electron chi connectivity index (χ3n) is 2.64. The summed E-state index contributed by atoms with van der Waals surface area (Å²) in [5.41, 5.74) is 1.35. The predicted molar refractivity (Wildman–Crippen MR) is 62.4 cm³/mol. The van der Waals surface area contributed by atoms with Gasteiger partial charge >= 0.3 is 0 Å². The van der Waals surface area contributed by atoms with E-state index in [-0.39, 0.29) is 0 Å². The van der Waals surface area contributed by atoms with Crippen LogP contribution in [0, 0.1) is 0 Å². The highest BCUT2D eigenvalue weighted by Crippen LogP contribution is 2.17. The molecular weight excluding hydrogens is 240 g/mol. The zero-order valence-electron chi connectivity index (χ0n) is 8.26. The molecule has 1 atom stereocenters. The fourth-order valence-electron chi connectivity index (χ4n) is 1.61. The largest absolute Gasteiger partial charge is 0.314 e. The standard InChI is InChI=1S/C11H15BrN2/c1-8(14-11-6-13-7-11)9-2-4-10(12)5-3-9/h2-5,8,11,13-14H,6-7H2,1H3/t8-/m0/s1. The first-order valence-corrected chi connectivity index (χ1v) is 5.77. The Morgan fingerprint density at radius 3 is 2.50 bits per heavy atom. The summed E-state index contributed by atoms with van der Waals surface area (Å²) in [5, 5.41) is 6.83. The van der Waals surface area contributed by atoms with Gasteiger partial charge in [-0.3, -0.25) is 0 Å². The van der Waals surface area contributed by atoms with Gasteiger partial charge in [0, 0.05) is 29.6 Å². The van der Waals surface area contributed by atoms with Gasteiger partial charge in [0.25, 0.3) is 0 Å². The fourth-order valence-corrected chi connectivity index (χ4v) is 1.87. The fraction of sp³-hybridized carbons (Fsp3) is 0.455. The van der Waals surface area contributed by atoms with Crippen molar-refractivity contribution in [3.8, 4) is 0 Å². The molecule has 3 heteroatoms. The quantitative estimate of drug-likeness (QED) is 0.864. The maximum Gasteiger partial charge on any atom is 0.0322 e. The van der Waals surface area contributed by atoms with E-state index < -0.39 is 0 Å². The van der Waals surface area contributed by atoms with Crippen molar-refractivity contribution >= 4 is 15.9 Å². The summed E-state index contributed by atoms with van der Waals surface area (Å²) in [6, 6.07) is 9.59. The molecule has 1 heterocycles. The topological polar surface area (TPSA) is 24.1 Å². The Morgan fingerprint density at radius 1 is 1.36 bits per heavy atom. The highest BCUT2D eigenvalue weighted by Gasteiger charge is 2.18. The molecule has 0 amide bonds. The molecule has 14 heavy (non-hydrogen) atoms. The zero-order valence-corrected chi connectivity index (χ0v) is 9.84. The maximum atomic E-state index is 3.57. The Morgan fingerprint density at radius 2 is 2.00 bits per heavy atom. The number of hydrogen-bond donors (Lipinski definition) is 2. The van der Waals surface area contributed by atoms with Crippen LogP contribution in [0.1, 0.15) is 18.5 Å². The lowest BCUT2D eigenvalue weighted by atomic mass is 10.1. The normalized spacial score (nSPS) is 19.0. The summed E-state index contributed by atoms with van der Waals surface area (Å²) in [7, 11) is 0. The second-order valence-corrected chi connectivity index (χ2v) is 4.71. The molecule has 1 aromatic carbocycles. The van der Waals surface area contributed by atoms with E-state index in [9.17, 15) is 0 Å². The van der Waals surface area contributed by atoms with E-state index in [0.29, 0.717) is 12.1 Å². The first-order chi connectivity index (χ1) is 6.75. The second-order valence-electron chi connectivity index (χ2n) is 3.80. The SMILES string of the molecule is C[C@H](NC1CNC1)c1ccc(Br)cc1. The van der Waals surface area contributed by atoms with E-state index in [1.165, 1.54) is 5.56 Å². The Bertz CT molecular complexity index is 293. The van der Waals surface area contributed by atoms with Gasteiger partial charge in [0.05, 0.1) is 0 Å². The van der Waals surface area contributed by atoms with Gasteiger partial charge < -0.3 is 10.6 Å². The minimum atomic E-state index is 0.440. The molecule has 0 aliphatic carbocycles. The Labute approximate surface area is 93.2 Å². The zero-order chi connectivity index (χ0) is 9.97. The number of nitrogens with one attached hydrogen (secondary N) is 2. The molecule has 76 valence electrons. The summed E-state index contributed by atoms with van der Waals surface area (Å²) in [6.45, 7) is 4.41. The maximum absolute atomic E-state index is 3.57. The van der Waals surface area contributed by atoms with Gasteiger partial charge in [0.1, 0.15) is 0 Å². The third-order valence-corrected chi connectivity index (χ3v) is 3.17. The van der Waals surface area contributed by atoms with Crippen molar-refractivity contribution < 1.29 is 0 Å². The van der Waals surface area contributed by atoms with Gasteiger partial charge in [-0.25, -0.2) is 0 Å². The monoisotopic (exact) mass is 254 g/mol. The summed E-state index contributed by atoms with van der Waals surface area (Å²) in [6.07, 6.45) is 0. The van der Waals surface area contributed by atoms with Crippen molar-refractivity contribution in [2.75, 3.05) is 13.1 Å². The minimum absolute atomic E-state index is 0.440. The Kier molecular flexibility index (Phi) is 3.21. The molecule has 1 saturated heterocycles. The van der Waals surface area contributed by atoms with Crippen LogP contribution in [-0.2, 0) is 0 Å². The van der Waals surface area contributed by atoms with Gasteiger partial charge in [0.2, 0.25) is 0 Å². The Hall–Kier alpha value is -0.380. The highest BCUT2D eigenvalue weighted by atomic mass is 79.9. The van der Waals surface area contributed by atoms with Crippen molar-refractivity contribution in [1.29, 1.82) is 0 Å². The van der Waals surface area contributed by atoms with E-state index in [1.807, 2.05) is 0 Å². The molecule has 2 nitrogen and oxygen atoms in total. The molecule has 2 N–H and O–H groups in total. The van der Waals surface area contributed by atoms with Crippen LogP contribution in [0.25, 0.3) is 0 Å². The van der Waals surface area contributed by atoms with Crippen LogP contribution >= 0.6 is 15.9 Å². The molecule has 0 unspecified atom stereocenters. The van der Waals surface area contributed by atoms with Crippen LogP contribution in [0.15, 0.2) is 28.7 Å². The number of benzene rings is 1. The van der Waals surface area contributed by atoms with Crippen LogP contribution in [-0.4, -0.2) is 19.1 Å². The molecule has 1 aliphatic heterocycles. The first-order valence-electron chi connectivity index (χ1n) is 4.98. The van der Waals surface area contributed by atoms with Crippen molar-refractivity contribution in [3.05, 3.63) is 34.3 Å². The molecular formula is C11H15BrN2. The average molecular weight is 255 g/mol. The molecule has 0 saturated carbocycles. The molecule has 1 aromatic rings. The van der Waals surface area contributed by atoms with E-state index in [1.54, 1.807) is 0 Å². The first kappa shape index (κ1) is 10.1. The predicted octanol–water partition coefficient (Wildman–Crippen LogP) is 2.07. The van der Waals surface area contributed by atoms with Crippen LogP contribution in [0.2, 0.25) is 0 Å². The van der Waals surface area contributed by atoms with Gasteiger partial charge in [-0.15, -0.1) is 0 Å². The average Bonchev–Trinajstić information content (AvgIpc) is 2.12. The number of halogens is 1. The summed E-state index contributed by atoms with van der Waals surface area (Å²) in [5.74, 6) is 0. The van der Waals surface area contributed by atoms with Crippen molar-refractivity contribution in [2.45, 2.75) is 19.0 Å². The molecule has 0 bridgehead atoms. The van der Waals surface area contributed by atoms with Gasteiger partial charge in [-0.05, 0) is 24.6 Å². The smallest absolute Gasteiger partial charge is 0.0322 e.